The molecule has 6 heteroatoms. The topological polar surface area (TPSA) is 84.2 Å². The number of primary amides is 1. The first-order valence-corrected chi connectivity index (χ1v) is 7.79. The van der Waals surface area contributed by atoms with Gasteiger partial charge in [-0.25, -0.2) is 4.79 Å². The van der Waals surface area contributed by atoms with Gasteiger partial charge >= 0.3 is 6.03 Å². The third-order valence-electron chi connectivity index (χ3n) is 3.01. The van der Waals surface area contributed by atoms with Gasteiger partial charge in [0, 0.05) is 15.7 Å². The number of carbonyl (C=O) groups excluding carboxylic acids is 2. The molecule has 4 N–H and O–H groups in total. The van der Waals surface area contributed by atoms with Crippen LogP contribution in [0, 0.1) is 3.57 Å². The molecule has 3 amide bonds. The van der Waals surface area contributed by atoms with Crippen molar-refractivity contribution in [1.29, 1.82) is 0 Å². The van der Waals surface area contributed by atoms with Gasteiger partial charge in [0.2, 0.25) is 5.91 Å². The van der Waals surface area contributed by atoms with Gasteiger partial charge in [-0.15, -0.1) is 0 Å². The predicted octanol–water partition coefficient (Wildman–Crippen LogP) is 2.51. The fourth-order valence-electron chi connectivity index (χ4n) is 2.03. The van der Waals surface area contributed by atoms with Crippen molar-refractivity contribution < 1.29 is 9.59 Å². The van der Waals surface area contributed by atoms with Crippen LogP contribution in [0.2, 0.25) is 0 Å². The summed E-state index contributed by atoms with van der Waals surface area (Å²) < 4.78 is 1.01. The van der Waals surface area contributed by atoms with Gasteiger partial charge in [-0.1, -0.05) is 36.4 Å². The standard InChI is InChI=1S/C16H16IN3O2/c17-12-7-4-8-13(10-12)19-15(21)14(20-16(18)22)9-11-5-2-1-3-6-11/h1-8,10,14H,9H2,(H,19,21)(H3,18,20,22). The highest BCUT2D eigenvalue weighted by Gasteiger charge is 2.20. The number of anilines is 1. The lowest BCUT2D eigenvalue weighted by atomic mass is 10.1. The van der Waals surface area contributed by atoms with Crippen molar-refractivity contribution >= 4 is 40.2 Å². The van der Waals surface area contributed by atoms with Crippen LogP contribution in [0.4, 0.5) is 10.5 Å². The second-order valence-electron chi connectivity index (χ2n) is 4.75. The van der Waals surface area contributed by atoms with E-state index in [1.54, 1.807) is 6.07 Å². The predicted molar refractivity (Wildman–Crippen MR) is 94.4 cm³/mol. The van der Waals surface area contributed by atoms with Crippen LogP contribution in [0.1, 0.15) is 5.56 Å². The molecule has 0 bridgehead atoms. The number of nitrogens with one attached hydrogen (secondary N) is 2. The number of amides is 3. The fourth-order valence-corrected chi connectivity index (χ4v) is 2.57. The minimum atomic E-state index is -0.724. The molecule has 5 nitrogen and oxygen atoms in total. The molecule has 0 saturated carbocycles. The van der Waals surface area contributed by atoms with Crippen molar-refractivity contribution in [3.63, 3.8) is 0 Å². The van der Waals surface area contributed by atoms with Crippen molar-refractivity contribution in [2.45, 2.75) is 12.5 Å². The summed E-state index contributed by atoms with van der Waals surface area (Å²) in [6.45, 7) is 0. The van der Waals surface area contributed by atoms with Gasteiger partial charge in [-0.2, -0.15) is 0 Å². The lowest BCUT2D eigenvalue weighted by Gasteiger charge is -2.17. The Hall–Kier alpha value is -2.09. The average Bonchev–Trinajstić information content (AvgIpc) is 2.47. The summed E-state index contributed by atoms with van der Waals surface area (Å²) in [5.74, 6) is -0.301. The van der Waals surface area contributed by atoms with E-state index in [0.717, 1.165) is 9.13 Å². The van der Waals surface area contributed by atoms with E-state index >= 15 is 0 Å². The first-order chi connectivity index (χ1) is 10.5. The molecule has 0 spiro atoms. The number of benzene rings is 2. The Bertz CT molecular complexity index is 661. The highest BCUT2D eigenvalue weighted by Crippen LogP contribution is 2.13. The summed E-state index contributed by atoms with van der Waals surface area (Å²) in [5.41, 5.74) is 6.80. The van der Waals surface area contributed by atoms with E-state index in [9.17, 15) is 9.59 Å². The smallest absolute Gasteiger partial charge is 0.312 e. The highest BCUT2D eigenvalue weighted by molar-refractivity contribution is 14.1. The molecule has 2 rings (SSSR count). The summed E-state index contributed by atoms with van der Waals surface area (Å²) in [4.78, 5) is 23.5. The van der Waals surface area contributed by atoms with E-state index in [1.807, 2.05) is 48.5 Å². The molecule has 0 aromatic heterocycles. The molecular formula is C16H16IN3O2. The monoisotopic (exact) mass is 409 g/mol. The number of hydrogen-bond acceptors (Lipinski definition) is 2. The van der Waals surface area contributed by atoms with Gasteiger partial charge in [0.1, 0.15) is 6.04 Å². The minimum Gasteiger partial charge on any atom is -0.352 e. The zero-order valence-corrected chi connectivity index (χ0v) is 13.9. The average molecular weight is 409 g/mol. The third kappa shape index (κ3) is 5.03. The maximum absolute atomic E-state index is 12.4. The lowest BCUT2D eigenvalue weighted by Crippen LogP contribution is -2.47. The molecule has 0 aliphatic carbocycles. The van der Waals surface area contributed by atoms with Gasteiger partial charge in [0.05, 0.1) is 0 Å². The zero-order valence-electron chi connectivity index (χ0n) is 11.8. The molecular weight excluding hydrogens is 393 g/mol. The van der Waals surface area contributed by atoms with Gasteiger partial charge in [0.15, 0.2) is 0 Å². The van der Waals surface area contributed by atoms with E-state index in [4.69, 9.17) is 5.73 Å². The molecule has 0 heterocycles. The molecule has 1 unspecified atom stereocenters. The Kier molecular flexibility index (Phi) is 5.76. The van der Waals surface area contributed by atoms with Crippen molar-refractivity contribution in [3.8, 4) is 0 Å². The number of rotatable bonds is 5. The number of carbonyl (C=O) groups is 2. The SMILES string of the molecule is NC(=O)NC(Cc1ccccc1)C(=O)Nc1cccc(I)c1. The molecule has 0 radical (unpaired) electrons. The first kappa shape index (κ1) is 16.3. The molecule has 0 saturated heterocycles. The maximum atomic E-state index is 12.4. The quantitative estimate of drug-likeness (QED) is 0.664. The van der Waals surface area contributed by atoms with Crippen molar-refractivity contribution in [2.24, 2.45) is 5.73 Å². The molecule has 114 valence electrons. The van der Waals surface area contributed by atoms with Crippen LogP contribution in [-0.4, -0.2) is 18.0 Å². The van der Waals surface area contributed by atoms with E-state index < -0.39 is 12.1 Å². The molecule has 2 aromatic rings. The van der Waals surface area contributed by atoms with Crippen molar-refractivity contribution in [1.82, 2.24) is 5.32 Å². The second kappa shape index (κ2) is 7.79. The fraction of sp³-hybridized carbons (Fsp3) is 0.125. The Morgan fingerprint density at radius 1 is 1.09 bits per heavy atom. The molecule has 2 aromatic carbocycles. The number of halogens is 1. The Morgan fingerprint density at radius 2 is 1.82 bits per heavy atom. The van der Waals surface area contributed by atoms with Gasteiger partial charge in [0.25, 0.3) is 0 Å². The second-order valence-corrected chi connectivity index (χ2v) is 6.00. The van der Waals surface area contributed by atoms with Gasteiger partial charge < -0.3 is 16.4 Å². The zero-order chi connectivity index (χ0) is 15.9. The summed E-state index contributed by atoms with van der Waals surface area (Å²) >= 11 is 2.17. The van der Waals surface area contributed by atoms with Gasteiger partial charge in [-0.05, 0) is 46.4 Å². The van der Waals surface area contributed by atoms with Crippen LogP contribution in [0.25, 0.3) is 0 Å². The largest absolute Gasteiger partial charge is 0.352 e. The maximum Gasteiger partial charge on any atom is 0.312 e. The van der Waals surface area contributed by atoms with E-state index in [-0.39, 0.29) is 5.91 Å². The van der Waals surface area contributed by atoms with Crippen LogP contribution < -0.4 is 16.4 Å². The number of nitrogens with two attached hydrogens (primary N) is 1. The minimum absolute atomic E-state index is 0.301. The summed E-state index contributed by atoms with van der Waals surface area (Å²) in [6.07, 6.45) is 0.375. The van der Waals surface area contributed by atoms with E-state index in [0.29, 0.717) is 12.1 Å². The van der Waals surface area contributed by atoms with Crippen LogP contribution >= 0.6 is 22.6 Å². The van der Waals surface area contributed by atoms with E-state index in [1.165, 1.54) is 0 Å². The summed E-state index contributed by atoms with van der Waals surface area (Å²) in [7, 11) is 0. The van der Waals surface area contributed by atoms with Crippen LogP contribution in [0.3, 0.4) is 0 Å². The third-order valence-corrected chi connectivity index (χ3v) is 3.68. The first-order valence-electron chi connectivity index (χ1n) is 6.71. The van der Waals surface area contributed by atoms with Crippen LogP contribution in [0.15, 0.2) is 54.6 Å². The Balaban J connectivity index is 2.10. The Morgan fingerprint density at radius 3 is 2.45 bits per heavy atom. The molecule has 0 aliphatic heterocycles. The highest BCUT2D eigenvalue weighted by atomic mass is 127. The van der Waals surface area contributed by atoms with Crippen molar-refractivity contribution in [2.75, 3.05) is 5.32 Å². The van der Waals surface area contributed by atoms with Crippen molar-refractivity contribution in [3.05, 3.63) is 63.7 Å². The molecule has 0 aliphatic rings. The van der Waals surface area contributed by atoms with Gasteiger partial charge in [-0.3, -0.25) is 4.79 Å². The lowest BCUT2D eigenvalue weighted by molar-refractivity contribution is -0.117. The Labute approximate surface area is 142 Å². The summed E-state index contributed by atoms with van der Waals surface area (Å²) in [6, 6.07) is 15.4. The van der Waals surface area contributed by atoms with Crippen LogP contribution in [-0.2, 0) is 11.2 Å². The van der Waals surface area contributed by atoms with E-state index in [2.05, 4.69) is 33.2 Å². The number of hydrogen-bond donors (Lipinski definition) is 3. The molecule has 22 heavy (non-hydrogen) atoms. The normalized spacial score (nSPS) is 11.5. The van der Waals surface area contributed by atoms with Crippen LogP contribution in [0.5, 0.6) is 0 Å². The number of urea groups is 1. The molecule has 0 fully saturated rings. The molecule has 1 atom stereocenters. The summed E-state index contributed by atoms with van der Waals surface area (Å²) in [5, 5.41) is 5.28.